The number of nitrogen functional groups attached to an aromatic ring is 2. The molecule has 0 unspecified atom stereocenters. The van der Waals surface area contributed by atoms with E-state index in [4.69, 9.17) is 11.5 Å². The molecule has 1 aromatic rings. The Morgan fingerprint density at radius 2 is 2.10 bits per heavy atom. The summed E-state index contributed by atoms with van der Waals surface area (Å²) in [4.78, 5) is 3.78. The smallest absolute Gasteiger partial charge is 0.241 e. The molecule has 4 N–H and O–H groups in total. The van der Waals surface area contributed by atoms with Crippen LogP contribution in [0, 0.1) is 0 Å². The molecule has 0 aliphatic heterocycles. The predicted octanol–water partition coefficient (Wildman–Crippen LogP) is -0.223. The fourth-order valence-electron chi connectivity index (χ4n) is 0.940. The first-order chi connectivity index (χ1) is 4.77. The largest absolute Gasteiger partial charge is 0.368 e. The van der Waals surface area contributed by atoms with E-state index >= 15 is 0 Å². The lowest BCUT2D eigenvalue weighted by atomic mass is 10.7. The van der Waals surface area contributed by atoms with Crippen LogP contribution in [0.25, 0.3) is 0 Å². The summed E-state index contributed by atoms with van der Waals surface area (Å²) in [5, 5.41) is 3.93. The van der Waals surface area contributed by atoms with Crippen molar-refractivity contribution in [1.29, 1.82) is 0 Å². The van der Waals surface area contributed by atoms with Gasteiger partial charge in [-0.15, -0.1) is 5.10 Å². The number of rotatable bonds is 1. The van der Waals surface area contributed by atoms with Gasteiger partial charge in [0.15, 0.2) is 0 Å². The van der Waals surface area contributed by atoms with E-state index in [9.17, 15) is 0 Å². The zero-order valence-electron chi connectivity index (χ0n) is 5.49. The van der Waals surface area contributed by atoms with Crippen molar-refractivity contribution in [2.75, 3.05) is 11.5 Å². The van der Waals surface area contributed by atoms with Crippen LogP contribution in [0.2, 0.25) is 0 Å². The van der Waals surface area contributed by atoms with E-state index in [1.807, 2.05) is 0 Å². The Balaban J connectivity index is 2.38. The summed E-state index contributed by atoms with van der Waals surface area (Å²) in [6, 6.07) is 0.463. The second kappa shape index (κ2) is 1.62. The minimum absolute atomic E-state index is 0.268. The van der Waals surface area contributed by atoms with Gasteiger partial charge in [0.05, 0.1) is 6.04 Å². The van der Waals surface area contributed by atoms with Gasteiger partial charge in [-0.25, -0.2) is 4.68 Å². The number of hydrogen-bond donors (Lipinski definition) is 2. The highest BCUT2D eigenvalue weighted by molar-refractivity contribution is 5.27. The average Bonchev–Trinajstić information content (AvgIpc) is 2.61. The number of hydrogen-bond acceptors (Lipinski definition) is 4. The molecule has 1 fully saturated rings. The molecule has 0 bridgehead atoms. The van der Waals surface area contributed by atoms with Crippen molar-refractivity contribution in [3.63, 3.8) is 0 Å². The zero-order valence-corrected chi connectivity index (χ0v) is 5.49. The maximum Gasteiger partial charge on any atom is 0.241 e. The zero-order chi connectivity index (χ0) is 7.14. The molecule has 1 aromatic heterocycles. The van der Waals surface area contributed by atoms with E-state index in [0.717, 1.165) is 12.8 Å². The lowest BCUT2D eigenvalue weighted by Gasteiger charge is -1.94. The molecule has 0 saturated heterocycles. The maximum atomic E-state index is 5.49. The monoisotopic (exact) mass is 139 g/mol. The van der Waals surface area contributed by atoms with Crippen LogP contribution in [0.15, 0.2) is 0 Å². The van der Waals surface area contributed by atoms with Gasteiger partial charge >= 0.3 is 0 Å². The molecule has 5 nitrogen and oxygen atoms in total. The van der Waals surface area contributed by atoms with Crippen molar-refractivity contribution in [2.24, 2.45) is 0 Å². The number of nitrogens with two attached hydrogens (primary N) is 2. The van der Waals surface area contributed by atoms with Gasteiger partial charge in [-0.05, 0) is 12.8 Å². The van der Waals surface area contributed by atoms with Crippen LogP contribution >= 0.6 is 0 Å². The van der Waals surface area contributed by atoms with Gasteiger partial charge in [0.2, 0.25) is 11.9 Å². The highest BCUT2D eigenvalue weighted by atomic mass is 15.4. The molecule has 5 heteroatoms. The minimum atomic E-state index is 0.268. The van der Waals surface area contributed by atoms with Crippen LogP contribution in [-0.4, -0.2) is 14.8 Å². The quantitative estimate of drug-likeness (QED) is 0.563. The Morgan fingerprint density at radius 1 is 1.40 bits per heavy atom. The van der Waals surface area contributed by atoms with Crippen molar-refractivity contribution in [1.82, 2.24) is 14.8 Å². The molecule has 0 atom stereocenters. The van der Waals surface area contributed by atoms with Crippen molar-refractivity contribution < 1.29 is 0 Å². The Bertz CT molecular complexity index is 249. The molecule has 1 aliphatic carbocycles. The van der Waals surface area contributed by atoms with Crippen LogP contribution in [0.4, 0.5) is 11.9 Å². The molecule has 54 valence electrons. The highest BCUT2D eigenvalue weighted by Crippen LogP contribution is 2.35. The number of aromatic nitrogens is 3. The highest BCUT2D eigenvalue weighted by Gasteiger charge is 2.26. The third-order valence-corrected chi connectivity index (χ3v) is 1.57. The molecular weight excluding hydrogens is 130 g/mol. The first kappa shape index (κ1) is 5.52. The number of nitrogens with zero attached hydrogens (tertiary/aromatic N) is 3. The van der Waals surface area contributed by atoms with Crippen LogP contribution in [0.1, 0.15) is 18.9 Å². The molecule has 0 aromatic carbocycles. The normalized spacial score (nSPS) is 17.6. The van der Waals surface area contributed by atoms with E-state index in [1.165, 1.54) is 0 Å². The van der Waals surface area contributed by atoms with Gasteiger partial charge in [0.25, 0.3) is 0 Å². The van der Waals surface area contributed by atoms with Crippen LogP contribution in [0.3, 0.4) is 0 Å². The Hall–Kier alpha value is -1.26. The van der Waals surface area contributed by atoms with Gasteiger partial charge < -0.3 is 11.5 Å². The third kappa shape index (κ3) is 0.706. The lowest BCUT2D eigenvalue weighted by molar-refractivity contribution is 0.653. The SMILES string of the molecule is Nc1nc(N)n(C2CC2)n1. The fraction of sp³-hybridized carbons (Fsp3) is 0.600. The molecule has 2 rings (SSSR count). The Morgan fingerprint density at radius 3 is 2.50 bits per heavy atom. The summed E-state index contributed by atoms with van der Waals surface area (Å²) >= 11 is 0. The summed E-state index contributed by atoms with van der Waals surface area (Å²) in [7, 11) is 0. The molecular formula is C5H9N5. The molecule has 0 spiro atoms. The average molecular weight is 139 g/mol. The minimum Gasteiger partial charge on any atom is -0.368 e. The topological polar surface area (TPSA) is 82.7 Å². The van der Waals surface area contributed by atoms with E-state index < -0.39 is 0 Å². The van der Waals surface area contributed by atoms with E-state index in [0.29, 0.717) is 12.0 Å². The summed E-state index contributed by atoms with van der Waals surface area (Å²) in [6.07, 6.45) is 2.29. The van der Waals surface area contributed by atoms with E-state index in [-0.39, 0.29) is 5.95 Å². The molecule has 0 amide bonds. The first-order valence-corrected chi connectivity index (χ1v) is 3.25. The molecule has 1 heterocycles. The second-order valence-electron chi connectivity index (χ2n) is 2.50. The second-order valence-corrected chi connectivity index (χ2v) is 2.50. The Kier molecular flexibility index (Phi) is 0.893. The van der Waals surface area contributed by atoms with Crippen LogP contribution < -0.4 is 11.5 Å². The van der Waals surface area contributed by atoms with Crippen molar-refractivity contribution >= 4 is 11.9 Å². The summed E-state index contributed by atoms with van der Waals surface area (Å²) in [6.45, 7) is 0. The van der Waals surface area contributed by atoms with Crippen LogP contribution in [0.5, 0.6) is 0 Å². The van der Waals surface area contributed by atoms with Crippen molar-refractivity contribution in [2.45, 2.75) is 18.9 Å². The van der Waals surface area contributed by atoms with Gasteiger partial charge in [-0.3, -0.25) is 0 Å². The molecule has 1 saturated carbocycles. The fourth-order valence-corrected chi connectivity index (χ4v) is 0.940. The third-order valence-electron chi connectivity index (χ3n) is 1.57. The van der Waals surface area contributed by atoms with E-state index in [1.54, 1.807) is 4.68 Å². The Labute approximate surface area is 58.0 Å². The lowest BCUT2D eigenvalue weighted by Crippen LogP contribution is -2.02. The molecule has 10 heavy (non-hydrogen) atoms. The van der Waals surface area contributed by atoms with Crippen LogP contribution in [-0.2, 0) is 0 Å². The van der Waals surface area contributed by atoms with Gasteiger partial charge in [-0.2, -0.15) is 4.98 Å². The van der Waals surface area contributed by atoms with Crippen molar-refractivity contribution in [3.05, 3.63) is 0 Å². The van der Waals surface area contributed by atoms with Gasteiger partial charge in [0, 0.05) is 0 Å². The van der Waals surface area contributed by atoms with Crippen molar-refractivity contribution in [3.8, 4) is 0 Å². The van der Waals surface area contributed by atoms with Gasteiger partial charge in [0.1, 0.15) is 0 Å². The summed E-state index contributed by atoms with van der Waals surface area (Å²) in [5.74, 6) is 0.699. The summed E-state index contributed by atoms with van der Waals surface area (Å²) in [5.41, 5.74) is 10.8. The maximum absolute atomic E-state index is 5.49. The summed E-state index contributed by atoms with van der Waals surface area (Å²) < 4.78 is 1.69. The standard InChI is InChI=1S/C5H9N5/c6-4-8-5(7)10(9-4)3-1-2-3/h3H,1-2H2,(H4,6,7,8,9). The molecule has 0 radical (unpaired) electrons. The van der Waals surface area contributed by atoms with Gasteiger partial charge in [-0.1, -0.05) is 0 Å². The molecule has 1 aliphatic rings. The first-order valence-electron chi connectivity index (χ1n) is 3.25. The van der Waals surface area contributed by atoms with E-state index in [2.05, 4.69) is 10.1 Å². The predicted molar refractivity (Wildman–Crippen MR) is 37.1 cm³/mol. The number of anilines is 2.